The molecule has 0 atom stereocenters. The van der Waals surface area contributed by atoms with E-state index < -0.39 is 10.0 Å². The van der Waals surface area contributed by atoms with E-state index >= 15 is 0 Å². The van der Waals surface area contributed by atoms with Gasteiger partial charge in [0.2, 0.25) is 0 Å². The summed E-state index contributed by atoms with van der Waals surface area (Å²) in [4.78, 5) is 6.55. The van der Waals surface area contributed by atoms with E-state index in [1.54, 1.807) is 43.5 Å². The van der Waals surface area contributed by atoms with Gasteiger partial charge in [-0.3, -0.25) is 0 Å². The number of rotatable bonds is 5. The first-order valence-electron chi connectivity index (χ1n) is 7.24. The van der Waals surface area contributed by atoms with Crippen molar-refractivity contribution in [1.29, 1.82) is 0 Å². The lowest BCUT2D eigenvalue weighted by Gasteiger charge is -2.05. The van der Waals surface area contributed by atoms with E-state index in [1.807, 2.05) is 6.07 Å². The molecule has 3 rings (SSSR count). The van der Waals surface area contributed by atoms with Gasteiger partial charge in [-0.15, -0.1) is 0 Å². The lowest BCUT2D eigenvalue weighted by atomic mass is 10.1. The Labute approximate surface area is 150 Å². The maximum atomic E-state index is 12.1. The first-order chi connectivity index (χ1) is 12.0. The second-order valence-corrected chi connectivity index (χ2v) is 7.11. The van der Waals surface area contributed by atoms with Crippen LogP contribution in [0.1, 0.15) is 5.56 Å². The van der Waals surface area contributed by atoms with E-state index in [2.05, 4.69) is 14.9 Å². The third-order valence-electron chi connectivity index (χ3n) is 3.44. The van der Waals surface area contributed by atoms with Crippen LogP contribution in [0.25, 0.3) is 10.9 Å². The maximum Gasteiger partial charge on any atom is 0.276 e. The molecule has 0 amide bonds. The number of pyridine rings is 1. The summed E-state index contributed by atoms with van der Waals surface area (Å²) < 4.78 is 29.4. The lowest BCUT2D eigenvalue weighted by Crippen LogP contribution is -2.18. The number of halogens is 1. The fourth-order valence-corrected chi connectivity index (χ4v) is 3.18. The summed E-state index contributed by atoms with van der Waals surface area (Å²) in [7, 11) is -2.15. The molecule has 1 N–H and O–H groups in total. The van der Waals surface area contributed by atoms with Crippen molar-refractivity contribution >= 4 is 38.7 Å². The quantitative estimate of drug-likeness (QED) is 0.422. The number of methoxy groups -OCH3 is 1. The van der Waals surface area contributed by atoms with Crippen molar-refractivity contribution in [3.63, 3.8) is 0 Å². The average molecular weight is 376 g/mol. The number of aromatic nitrogens is 1. The van der Waals surface area contributed by atoms with Crippen molar-refractivity contribution in [1.82, 2.24) is 9.82 Å². The molecular weight excluding hydrogens is 362 g/mol. The van der Waals surface area contributed by atoms with E-state index in [4.69, 9.17) is 16.3 Å². The van der Waals surface area contributed by atoms with Gasteiger partial charge >= 0.3 is 0 Å². The summed E-state index contributed by atoms with van der Waals surface area (Å²) in [6.07, 6.45) is 1.32. The zero-order valence-electron chi connectivity index (χ0n) is 13.2. The van der Waals surface area contributed by atoms with Crippen LogP contribution >= 0.6 is 11.6 Å². The molecule has 1 heterocycles. The van der Waals surface area contributed by atoms with E-state index in [-0.39, 0.29) is 10.0 Å². The topological polar surface area (TPSA) is 80.6 Å². The first-order valence-corrected chi connectivity index (χ1v) is 9.10. The van der Waals surface area contributed by atoms with E-state index in [0.29, 0.717) is 16.8 Å². The van der Waals surface area contributed by atoms with Crippen LogP contribution in [0.5, 0.6) is 5.75 Å². The molecule has 0 radical (unpaired) electrons. The van der Waals surface area contributed by atoms with Crippen molar-refractivity contribution in [2.24, 2.45) is 5.10 Å². The van der Waals surface area contributed by atoms with Crippen molar-refractivity contribution in [3.05, 3.63) is 65.3 Å². The molecule has 0 aliphatic rings. The molecule has 0 spiro atoms. The normalized spacial score (nSPS) is 11.8. The number of hydrazone groups is 1. The van der Waals surface area contributed by atoms with Gasteiger partial charge in [0.1, 0.15) is 10.9 Å². The molecule has 128 valence electrons. The Hall–Kier alpha value is -2.64. The highest BCUT2D eigenvalue weighted by Gasteiger charge is 2.11. The molecule has 1 aromatic heterocycles. The number of nitrogens with one attached hydrogen (secondary N) is 1. The molecule has 0 saturated carbocycles. The van der Waals surface area contributed by atoms with Crippen LogP contribution in [0.15, 0.2) is 64.6 Å². The summed E-state index contributed by atoms with van der Waals surface area (Å²) in [6.45, 7) is 0. The van der Waals surface area contributed by atoms with Gasteiger partial charge in [0.15, 0.2) is 0 Å². The van der Waals surface area contributed by atoms with Crippen molar-refractivity contribution in [3.8, 4) is 5.75 Å². The van der Waals surface area contributed by atoms with E-state index in [0.717, 1.165) is 5.39 Å². The number of fused-ring (bicyclic) bond motifs is 1. The number of ether oxygens (including phenoxy) is 1. The largest absolute Gasteiger partial charge is 0.497 e. The zero-order chi connectivity index (χ0) is 17.9. The number of nitrogens with zero attached hydrogens (tertiary/aromatic N) is 2. The van der Waals surface area contributed by atoms with Gasteiger partial charge < -0.3 is 4.74 Å². The van der Waals surface area contributed by atoms with Gasteiger partial charge in [-0.1, -0.05) is 29.8 Å². The Kier molecular flexibility index (Phi) is 4.87. The minimum absolute atomic E-state index is 0.127. The summed E-state index contributed by atoms with van der Waals surface area (Å²) in [5.41, 5.74) is 1.17. The van der Waals surface area contributed by atoms with Gasteiger partial charge in [-0.2, -0.15) is 13.5 Å². The highest BCUT2D eigenvalue weighted by molar-refractivity contribution is 7.89. The van der Waals surface area contributed by atoms with Crippen LogP contribution in [0.3, 0.4) is 0 Å². The van der Waals surface area contributed by atoms with Crippen molar-refractivity contribution in [2.45, 2.75) is 4.90 Å². The van der Waals surface area contributed by atoms with Gasteiger partial charge in [0, 0.05) is 17.0 Å². The number of hydrogen-bond acceptors (Lipinski definition) is 5. The fraction of sp³-hybridized carbons (Fsp3) is 0.0588. The lowest BCUT2D eigenvalue weighted by molar-refractivity contribution is 0.415. The summed E-state index contributed by atoms with van der Waals surface area (Å²) in [5.74, 6) is 0.674. The molecule has 3 aromatic rings. The van der Waals surface area contributed by atoms with Crippen LogP contribution < -0.4 is 9.57 Å². The standard InChI is InChI=1S/C17H14ClN3O3S/c1-24-14-8-7-12-9-13(17(18)20-16(12)10-14)11-19-21-25(22,23)15-5-3-2-4-6-15/h2-11,21H,1H3. The molecule has 8 heteroatoms. The number of benzene rings is 2. The molecular formula is C17H14ClN3O3S. The SMILES string of the molecule is COc1ccc2cc(C=NNS(=O)(=O)c3ccccc3)c(Cl)nc2c1. The number of sulfonamides is 1. The zero-order valence-corrected chi connectivity index (χ0v) is 14.8. The molecule has 0 unspecified atom stereocenters. The Morgan fingerprint density at radius 3 is 2.64 bits per heavy atom. The molecule has 0 fully saturated rings. The molecule has 0 aliphatic carbocycles. The minimum Gasteiger partial charge on any atom is -0.497 e. The average Bonchev–Trinajstić information content (AvgIpc) is 2.62. The van der Waals surface area contributed by atoms with Gasteiger partial charge in [0.05, 0.1) is 23.7 Å². The van der Waals surface area contributed by atoms with Crippen LogP contribution in [0, 0.1) is 0 Å². The first kappa shape index (κ1) is 17.2. The summed E-state index contributed by atoms with van der Waals surface area (Å²) >= 11 is 6.15. The van der Waals surface area contributed by atoms with Gasteiger partial charge in [-0.25, -0.2) is 9.82 Å². The molecule has 25 heavy (non-hydrogen) atoms. The maximum absolute atomic E-state index is 12.1. The second kappa shape index (κ2) is 7.08. The highest BCUT2D eigenvalue weighted by Crippen LogP contribution is 2.23. The molecule has 0 aliphatic heterocycles. The minimum atomic E-state index is -3.72. The van der Waals surface area contributed by atoms with E-state index in [1.165, 1.54) is 18.3 Å². The number of hydrogen-bond donors (Lipinski definition) is 1. The fourth-order valence-electron chi connectivity index (χ4n) is 2.17. The van der Waals surface area contributed by atoms with Crippen molar-refractivity contribution in [2.75, 3.05) is 7.11 Å². The highest BCUT2D eigenvalue weighted by atomic mass is 35.5. The second-order valence-electron chi connectivity index (χ2n) is 5.09. The molecule has 6 nitrogen and oxygen atoms in total. The van der Waals surface area contributed by atoms with Crippen LogP contribution in [0.4, 0.5) is 0 Å². The smallest absolute Gasteiger partial charge is 0.276 e. The summed E-state index contributed by atoms with van der Waals surface area (Å²) in [6, 6.07) is 15.1. The third kappa shape index (κ3) is 3.89. The van der Waals surface area contributed by atoms with Gasteiger partial charge in [-0.05, 0) is 30.3 Å². The Balaban J connectivity index is 1.85. The monoisotopic (exact) mass is 375 g/mol. The Morgan fingerprint density at radius 2 is 1.92 bits per heavy atom. The molecule has 2 aromatic carbocycles. The van der Waals surface area contributed by atoms with Crippen molar-refractivity contribution < 1.29 is 13.2 Å². The predicted molar refractivity (Wildman–Crippen MR) is 97.7 cm³/mol. The van der Waals surface area contributed by atoms with Gasteiger partial charge in [0.25, 0.3) is 10.0 Å². The predicted octanol–water partition coefficient (Wildman–Crippen LogP) is 3.21. The third-order valence-corrected chi connectivity index (χ3v) is 4.98. The Morgan fingerprint density at radius 1 is 1.16 bits per heavy atom. The van der Waals surface area contributed by atoms with Crippen LogP contribution in [-0.2, 0) is 10.0 Å². The molecule has 0 saturated heterocycles. The summed E-state index contributed by atoms with van der Waals surface area (Å²) in [5, 5.41) is 4.82. The van der Waals surface area contributed by atoms with Crippen LogP contribution in [-0.4, -0.2) is 26.7 Å². The van der Waals surface area contributed by atoms with E-state index in [9.17, 15) is 8.42 Å². The Bertz CT molecular complexity index is 1040. The van der Waals surface area contributed by atoms with Crippen LogP contribution in [0.2, 0.25) is 5.15 Å². The molecule has 0 bridgehead atoms.